The molecular weight excluding hydrogens is 220 g/mol. The largest absolute Gasteiger partial charge is 0.493 e. The lowest BCUT2D eigenvalue weighted by Gasteiger charge is -2.12. The predicted octanol–water partition coefficient (Wildman–Crippen LogP) is 2.23. The van der Waals surface area contributed by atoms with Crippen LogP contribution < -0.4 is 9.47 Å². The first-order valence-electron chi connectivity index (χ1n) is 5.48. The number of carbonyl (C=O) groups excluding carboxylic acids is 1. The highest BCUT2D eigenvalue weighted by Crippen LogP contribution is 2.30. The number of benzene rings is 1. The van der Waals surface area contributed by atoms with Crippen molar-refractivity contribution >= 4 is 6.29 Å². The summed E-state index contributed by atoms with van der Waals surface area (Å²) in [5.74, 6) is 1.24. The maximum Gasteiger partial charge on any atom is 0.161 e. The second-order valence-electron chi connectivity index (χ2n) is 3.67. The number of aldehydes is 1. The Hall–Kier alpha value is -1.55. The molecule has 0 aliphatic carbocycles. The summed E-state index contributed by atoms with van der Waals surface area (Å²) in [6.07, 6.45) is 1.61. The van der Waals surface area contributed by atoms with Crippen LogP contribution in [0.5, 0.6) is 11.5 Å². The van der Waals surface area contributed by atoms with Crippen LogP contribution in [0.1, 0.15) is 22.3 Å². The van der Waals surface area contributed by atoms with Gasteiger partial charge in [0, 0.05) is 25.7 Å². The van der Waals surface area contributed by atoms with Crippen molar-refractivity contribution < 1.29 is 19.0 Å². The van der Waals surface area contributed by atoms with Crippen molar-refractivity contribution in [3.63, 3.8) is 0 Å². The van der Waals surface area contributed by atoms with Gasteiger partial charge in [-0.2, -0.15) is 0 Å². The van der Waals surface area contributed by atoms with Crippen LogP contribution in [-0.4, -0.2) is 33.7 Å². The first kappa shape index (κ1) is 13.5. The third-order valence-electron chi connectivity index (χ3n) is 2.43. The minimum Gasteiger partial charge on any atom is -0.493 e. The Morgan fingerprint density at radius 2 is 1.94 bits per heavy atom. The number of rotatable bonds is 7. The molecule has 0 aromatic heterocycles. The SMILES string of the molecule is COCCCOc1cc(C=O)c(C)cc1OC. The summed E-state index contributed by atoms with van der Waals surface area (Å²) < 4.78 is 15.7. The predicted molar refractivity (Wildman–Crippen MR) is 65.1 cm³/mol. The van der Waals surface area contributed by atoms with Crippen molar-refractivity contribution in [2.24, 2.45) is 0 Å². The van der Waals surface area contributed by atoms with E-state index in [1.807, 2.05) is 6.92 Å². The molecule has 0 amide bonds. The van der Waals surface area contributed by atoms with Gasteiger partial charge in [0.2, 0.25) is 0 Å². The van der Waals surface area contributed by atoms with Gasteiger partial charge in [-0.1, -0.05) is 0 Å². The van der Waals surface area contributed by atoms with Crippen molar-refractivity contribution in [2.75, 3.05) is 27.4 Å². The van der Waals surface area contributed by atoms with E-state index in [-0.39, 0.29) is 0 Å². The number of carbonyl (C=O) groups is 1. The summed E-state index contributed by atoms with van der Waals surface area (Å²) in [6.45, 7) is 3.04. The van der Waals surface area contributed by atoms with Crippen LogP contribution in [0.4, 0.5) is 0 Å². The molecule has 0 saturated carbocycles. The Labute approximate surface area is 101 Å². The average Bonchev–Trinajstić information content (AvgIpc) is 2.35. The summed E-state index contributed by atoms with van der Waals surface area (Å²) in [7, 11) is 3.23. The fourth-order valence-corrected chi connectivity index (χ4v) is 1.46. The molecule has 0 fully saturated rings. The van der Waals surface area contributed by atoms with E-state index in [1.54, 1.807) is 26.4 Å². The van der Waals surface area contributed by atoms with E-state index < -0.39 is 0 Å². The molecule has 0 unspecified atom stereocenters. The molecule has 0 radical (unpaired) electrons. The van der Waals surface area contributed by atoms with Crippen LogP contribution in [0.3, 0.4) is 0 Å². The number of hydrogen-bond acceptors (Lipinski definition) is 4. The van der Waals surface area contributed by atoms with Crippen molar-refractivity contribution in [2.45, 2.75) is 13.3 Å². The first-order valence-corrected chi connectivity index (χ1v) is 5.48. The number of aryl methyl sites for hydroxylation is 1. The maximum atomic E-state index is 10.8. The summed E-state index contributed by atoms with van der Waals surface area (Å²) in [4.78, 5) is 10.8. The second-order valence-corrected chi connectivity index (χ2v) is 3.67. The summed E-state index contributed by atoms with van der Waals surface area (Å²) in [5, 5.41) is 0. The fraction of sp³-hybridized carbons (Fsp3) is 0.462. The van der Waals surface area contributed by atoms with Gasteiger partial charge in [0.05, 0.1) is 13.7 Å². The second kappa shape index (κ2) is 6.91. The number of ether oxygens (including phenoxy) is 3. The molecule has 4 nitrogen and oxygen atoms in total. The van der Waals surface area contributed by atoms with Crippen molar-refractivity contribution in [1.29, 1.82) is 0 Å². The standard InChI is InChI=1S/C13H18O4/c1-10-7-12(16-3)13(8-11(10)9-14)17-6-4-5-15-2/h7-9H,4-6H2,1-3H3. The molecule has 0 spiro atoms. The van der Waals surface area contributed by atoms with Gasteiger partial charge >= 0.3 is 0 Å². The van der Waals surface area contributed by atoms with E-state index in [0.29, 0.717) is 30.3 Å². The van der Waals surface area contributed by atoms with E-state index in [0.717, 1.165) is 18.3 Å². The lowest BCUT2D eigenvalue weighted by Crippen LogP contribution is -2.03. The first-order chi connectivity index (χ1) is 8.22. The van der Waals surface area contributed by atoms with Gasteiger partial charge in [-0.25, -0.2) is 0 Å². The van der Waals surface area contributed by atoms with E-state index >= 15 is 0 Å². The van der Waals surface area contributed by atoms with Gasteiger partial charge < -0.3 is 14.2 Å². The maximum absolute atomic E-state index is 10.8. The van der Waals surface area contributed by atoms with E-state index in [9.17, 15) is 4.79 Å². The monoisotopic (exact) mass is 238 g/mol. The minimum absolute atomic E-state index is 0.533. The molecule has 1 aromatic carbocycles. The Bertz CT molecular complexity index is 374. The highest BCUT2D eigenvalue weighted by Gasteiger charge is 2.08. The molecule has 0 atom stereocenters. The molecule has 0 N–H and O–H groups in total. The Morgan fingerprint density at radius 1 is 1.18 bits per heavy atom. The molecule has 94 valence electrons. The van der Waals surface area contributed by atoms with Crippen LogP contribution in [0.25, 0.3) is 0 Å². The summed E-state index contributed by atoms with van der Waals surface area (Å²) in [5.41, 5.74) is 1.49. The molecular formula is C13H18O4. The van der Waals surface area contributed by atoms with Gasteiger partial charge in [0.1, 0.15) is 6.29 Å². The lowest BCUT2D eigenvalue weighted by molar-refractivity contribution is 0.112. The van der Waals surface area contributed by atoms with Gasteiger partial charge in [-0.15, -0.1) is 0 Å². The molecule has 0 bridgehead atoms. The molecule has 1 aromatic rings. The van der Waals surface area contributed by atoms with Crippen molar-refractivity contribution in [1.82, 2.24) is 0 Å². The quantitative estimate of drug-likeness (QED) is 0.539. The zero-order valence-electron chi connectivity index (χ0n) is 10.5. The van der Waals surface area contributed by atoms with Crippen LogP contribution in [0, 0.1) is 6.92 Å². The number of hydrogen-bond donors (Lipinski definition) is 0. The van der Waals surface area contributed by atoms with E-state index in [1.165, 1.54) is 0 Å². The van der Waals surface area contributed by atoms with Crippen molar-refractivity contribution in [3.05, 3.63) is 23.3 Å². The summed E-state index contributed by atoms with van der Waals surface area (Å²) in [6, 6.07) is 3.50. The van der Waals surface area contributed by atoms with Crippen LogP contribution in [0.15, 0.2) is 12.1 Å². The van der Waals surface area contributed by atoms with Gasteiger partial charge in [-0.3, -0.25) is 4.79 Å². The zero-order valence-corrected chi connectivity index (χ0v) is 10.5. The smallest absolute Gasteiger partial charge is 0.161 e. The Kier molecular flexibility index (Phi) is 5.49. The highest BCUT2D eigenvalue weighted by atomic mass is 16.5. The topological polar surface area (TPSA) is 44.8 Å². The third kappa shape index (κ3) is 3.75. The van der Waals surface area contributed by atoms with E-state index in [4.69, 9.17) is 14.2 Å². The molecule has 0 saturated heterocycles. The molecule has 0 heterocycles. The third-order valence-corrected chi connectivity index (χ3v) is 2.43. The van der Waals surface area contributed by atoms with Gasteiger partial charge in [-0.05, 0) is 24.6 Å². The van der Waals surface area contributed by atoms with Crippen molar-refractivity contribution in [3.8, 4) is 11.5 Å². The van der Waals surface area contributed by atoms with Crippen LogP contribution >= 0.6 is 0 Å². The molecule has 1 rings (SSSR count). The van der Waals surface area contributed by atoms with Gasteiger partial charge in [0.15, 0.2) is 11.5 Å². The van der Waals surface area contributed by atoms with E-state index in [2.05, 4.69) is 0 Å². The number of methoxy groups -OCH3 is 2. The fourth-order valence-electron chi connectivity index (χ4n) is 1.46. The minimum atomic E-state index is 0.533. The Balaban J connectivity index is 2.77. The highest BCUT2D eigenvalue weighted by molar-refractivity contribution is 5.79. The van der Waals surface area contributed by atoms with Crippen LogP contribution in [-0.2, 0) is 4.74 Å². The van der Waals surface area contributed by atoms with Gasteiger partial charge in [0.25, 0.3) is 0 Å². The lowest BCUT2D eigenvalue weighted by atomic mass is 10.1. The normalized spacial score (nSPS) is 10.1. The molecule has 17 heavy (non-hydrogen) atoms. The average molecular weight is 238 g/mol. The molecule has 0 aliphatic rings. The zero-order chi connectivity index (χ0) is 12.7. The molecule has 4 heteroatoms. The Morgan fingerprint density at radius 3 is 2.53 bits per heavy atom. The molecule has 0 aliphatic heterocycles. The summed E-state index contributed by atoms with van der Waals surface area (Å²) >= 11 is 0. The van der Waals surface area contributed by atoms with Crippen LogP contribution in [0.2, 0.25) is 0 Å².